The molecule has 4 saturated carbocycles. The van der Waals surface area contributed by atoms with Gasteiger partial charge >= 0.3 is 0 Å². The zero-order valence-electron chi connectivity index (χ0n) is 15.4. The van der Waals surface area contributed by atoms with Gasteiger partial charge in [0.25, 0.3) is 0 Å². The van der Waals surface area contributed by atoms with Crippen LogP contribution in [0.2, 0.25) is 0 Å². The van der Waals surface area contributed by atoms with Crippen LogP contribution >= 0.6 is 0 Å². The molecule has 2 heterocycles. The molecule has 4 bridgehead atoms. The Labute approximate surface area is 150 Å². The van der Waals surface area contributed by atoms with E-state index in [0.717, 1.165) is 55.0 Å². The molecular weight excluding hydrogens is 312 g/mol. The molecule has 1 aromatic heterocycles. The summed E-state index contributed by atoms with van der Waals surface area (Å²) in [5.74, 6) is 3.96. The molecule has 1 saturated heterocycles. The van der Waals surface area contributed by atoms with E-state index in [2.05, 4.69) is 10.1 Å². The lowest BCUT2D eigenvalue weighted by Crippen LogP contribution is -2.49. The van der Waals surface area contributed by atoms with Crippen LogP contribution in [-0.4, -0.2) is 22.5 Å². The van der Waals surface area contributed by atoms with Crippen molar-refractivity contribution in [2.45, 2.75) is 77.2 Å². The van der Waals surface area contributed by atoms with Crippen LogP contribution in [0.15, 0.2) is 10.6 Å². The standard InChI is InChI=1S/C21H30N2O2/c1-14-6-18(22-25-14)19-4-2-3-5-23(19)20(24)13-21-10-15-7-16(11-21)9-17(8-15)12-21/h6,15-17,19H,2-5,7-13H2,1H3. The third-order valence-corrected chi connectivity index (χ3v) is 7.50. The van der Waals surface area contributed by atoms with Gasteiger partial charge in [-0.05, 0) is 87.9 Å². The minimum Gasteiger partial charge on any atom is -0.361 e. The van der Waals surface area contributed by atoms with Gasteiger partial charge in [-0.2, -0.15) is 0 Å². The van der Waals surface area contributed by atoms with Crippen LogP contribution in [0.4, 0.5) is 0 Å². The van der Waals surface area contributed by atoms with Gasteiger partial charge in [-0.15, -0.1) is 0 Å². The predicted octanol–water partition coefficient (Wildman–Crippen LogP) is 4.64. The van der Waals surface area contributed by atoms with Crippen molar-refractivity contribution in [2.24, 2.45) is 23.2 Å². The van der Waals surface area contributed by atoms with Crippen LogP contribution in [-0.2, 0) is 4.79 Å². The van der Waals surface area contributed by atoms with Crippen LogP contribution in [0.5, 0.6) is 0 Å². The van der Waals surface area contributed by atoms with Gasteiger partial charge < -0.3 is 9.42 Å². The zero-order chi connectivity index (χ0) is 17.0. The molecule has 0 aromatic carbocycles. The quantitative estimate of drug-likeness (QED) is 0.803. The third-order valence-electron chi connectivity index (χ3n) is 7.50. The van der Waals surface area contributed by atoms with Crippen LogP contribution in [0.1, 0.15) is 81.7 Å². The van der Waals surface area contributed by atoms with E-state index in [0.29, 0.717) is 11.3 Å². The summed E-state index contributed by atoms with van der Waals surface area (Å²) in [6.45, 7) is 2.82. The summed E-state index contributed by atoms with van der Waals surface area (Å²) in [5, 5.41) is 4.23. The maximum Gasteiger partial charge on any atom is 0.223 e. The summed E-state index contributed by atoms with van der Waals surface area (Å²) in [5.41, 5.74) is 1.28. The van der Waals surface area contributed by atoms with E-state index in [9.17, 15) is 4.79 Å². The van der Waals surface area contributed by atoms with Gasteiger partial charge in [0, 0.05) is 19.0 Å². The first-order valence-corrected chi connectivity index (χ1v) is 10.3. The molecule has 1 amide bonds. The lowest BCUT2D eigenvalue weighted by atomic mass is 9.49. The Kier molecular flexibility index (Phi) is 3.72. The lowest BCUT2D eigenvalue weighted by molar-refractivity contribution is -0.143. The Balaban J connectivity index is 1.34. The van der Waals surface area contributed by atoms with Crippen LogP contribution in [0.3, 0.4) is 0 Å². The molecule has 136 valence electrons. The predicted molar refractivity (Wildman–Crippen MR) is 94.8 cm³/mol. The van der Waals surface area contributed by atoms with E-state index >= 15 is 0 Å². The summed E-state index contributed by atoms with van der Waals surface area (Å²) in [7, 11) is 0. The molecule has 0 radical (unpaired) electrons. The van der Waals surface area contributed by atoms with E-state index < -0.39 is 0 Å². The Morgan fingerprint density at radius 2 is 1.88 bits per heavy atom. The average molecular weight is 342 g/mol. The van der Waals surface area contributed by atoms with Gasteiger partial charge in [0.2, 0.25) is 5.91 Å². The number of aryl methyl sites for hydroxylation is 1. The highest BCUT2D eigenvalue weighted by atomic mass is 16.5. The second kappa shape index (κ2) is 5.85. The van der Waals surface area contributed by atoms with Crippen molar-refractivity contribution in [3.8, 4) is 0 Å². The number of amides is 1. The molecule has 4 nitrogen and oxygen atoms in total. The average Bonchev–Trinajstić information content (AvgIpc) is 2.99. The molecule has 5 fully saturated rings. The van der Waals surface area contributed by atoms with Crippen molar-refractivity contribution in [3.63, 3.8) is 0 Å². The lowest BCUT2D eigenvalue weighted by Gasteiger charge is -2.57. The second-order valence-electron chi connectivity index (χ2n) is 9.56. The first-order chi connectivity index (χ1) is 12.1. The van der Waals surface area contributed by atoms with E-state index in [4.69, 9.17) is 4.52 Å². The van der Waals surface area contributed by atoms with Gasteiger partial charge in [0.05, 0.1) is 6.04 Å². The highest BCUT2D eigenvalue weighted by molar-refractivity contribution is 5.77. The fourth-order valence-corrected chi connectivity index (χ4v) is 7.01. The fraction of sp³-hybridized carbons (Fsp3) is 0.810. The maximum atomic E-state index is 13.3. The summed E-state index contributed by atoms with van der Waals surface area (Å²) in [6.07, 6.45) is 12.4. The fourth-order valence-electron chi connectivity index (χ4n) is 7.01. The van der Waals surface area contributed by atoms with Crippen molar-refractivity contribution in [3.05, 3.63) is 17.5 Å². The summed E-state index contributed by atoms with van der Waals surface area (Å²) < 4.78 is 5.29. The SMILES string of the molecule is Cc1cc(C2CCCCN2C(=O)CC23CC4CC(CC(C4)C2)C3)no1. The molecule has 1 aromatic rings. The Morgan fingerprint density at radius 3 is 2.48 bits per heavy atom. The molecule has 4 heteroatoms. The first kappa shape index (κ1) is 15.9. The number of nitrogens with zero attached hydrogens (tertiary/aromatic N) is 2. The molecule has 0 N–H and O–H groups in total. The number of hydrogen-bond donors (Lipinski definition) is 0. The second-order valence-corrected chi connectivity index (χ2v) is 9.56. The summed E-state index contributed by atoms with van der Waals surface area (Å²) in [6, 6.07) is 2.15. The largest absolute Gasteiger partial charge is 0.361 e. The Bertz CT molecular complexity index is 629. The smallest absolute Gasteiger partial charge is 0.223 e. The van der Waals surface area contributed by atoms with Gasteiger partial charge in [0.15, 0.2) is 0 Å². The van der Waals surface area contributed by atoms with Crippen LogP contribution in [0, 0.1) is 30.1 Å². The van der Waals surface area contributed by atoms with Crippen LogP contribution < -0.4 is 0 Å². The maximum absolute atomic E-state index is 13.3. The van der Waals surface area contributed by atoms with Crippen molar-refractivity contribution < 1.29 is 9.32 Å². The summed E-state index contributed by atoms with van der Waals surface area (Å²) in [4.78, 5) is 15.5. The molecule has 1 aliphatic heterocycles. The van der Waals surface area contributed by atoms with Gasteiger partial charge in [-0.1, -0.05) is 5.16 Å². The van der Waals surface area contributed by atoms with E-state index in [1.54, 1.807) is 0 Å². The normalized spacial score (nSPS) is 39.8. The zero-order valence-corrected chi connectivity index (χ0v) is 15.4. The number of rotatable bonds is 3. The molecule has 6 rings (SSSR count). The van der Waals surface area contributed by atoms with Gasteiger partial charge in [-0.3, -0.25) is 4.79 Å². The van der Waals surface area contributed by atoms with Gasteiger partial charge in [-0.25, -0.2) is 0 Å². The molecule has 4 aliphatic carbocycles. The Morgan fingerprint density at radius 1 is 1.20 bits per heavy atom. The molecule has 1 atom stereocenters. The number of piperidine rings is 1. The topological polar surface area (TPSA) is 46.3 Å². The van der Waals surface area contributed by atoms with Crippen molar-refractivity contribution in [2.75, 3.05) is 6.54 Å². The van der Waals surface area contributed by atoms with Gasteiger partial charge in [0.1, 0.15) is 11.5 Å². The minimum absolute atomic E-state index is 0.132. The van der Waals surface area contributed by atoms with Crippen molar-refractivity contribution in [1.82, 2.24) is 10.1 Å². The molecule has 0 spiro atoms. The van der Waals surface area contributed by atoms with Crippen molar-refractivity contribution in [1.29, 1.82) is 0 Å². The number of aromatic nitrogens is 1. The highest BCUT2D eigenvalue weighted by Crippen LogP contribution is 2.61. The van der Waals surface area contributed by atoms with E-state index in [1.165, 1.54) is 44.9 Å². The monoisotopic (exact) mass is 342 g/mol. The summed E-state index contributed by atoms with van der Waals surface area (Å²) >= 11 is 0. The van der Waals surface area contributed by atoms with E-state index in [-0.39, 0.29) is 6.04 Å². The number of hydrogen-bond acceptors (Lipinski definition) is 3. The Hall–Kier alpha value is -1.32. The molecule has 5 aliphatic rings. The highest BCUT2D eigenvalue weighted by Gasteiger charge is 2.52. The molecular formula is C21H30N2O2. The third kappa shape index (κ3) is 2.82. The number of likely N-dealkylation sites (tertiary alicyclic amines) is 1. The minimum atomic E-state index is 0.132. The van der Waals surface area contributed by atoms with Crippen LogP contribution in [0.25, 0.3) is 0 Å². The van der Waals surface area contributed by atoms with E-state index in [1.807, 2.05) is 13.0 Å². The van der Waals surface area contributed by atoms with Crippen molar-refractivity contribution >= 4 is 5.91 Å². The molecule has 25 heavy (non-hydrogen) atoms. The first-order valence-electron chi connectivity index (χ1n) is 10.3. The molecule has 1 unspecified atom stereocenters. The number of carbonyl (C=O) groups is 1. The number of carbonyl (C=O) groups excluding carboxylic acids is 1.